The molecule has 1 N–H and O–H groups in total. The largest absolute Gasteiger partial charge is 0.349 e. The van der Waals surface area contributed by atoms with E-state index in [4.69, 9.17) is 0 Å². The summed E-state index contributed by atoms with van der Waals surface area (Å²) in [6, 6.07) is 8.80. The lowest BCUT2D eigenvalue weighted by Gasteiger charge is -2.37. The zero-order valence-electron chi connectivity index (χ0n) is 8.70. The molecule has 0 bridgehead atoms. The lowest BCUT2D eigenvalue weighted by molar-refractivity contribution is -0.124. The summed E-state index contributed by atoms with van der Waals surface area (Å²) >= 11 is 0. The van der Waals surface area contributed by atoms with E-state index in [1.165, 1.54) is 24.0 Å². The average Bonchev–Trinajstić information content (AvgIpc) is 2.29. The first-order chi connectivity index (χ1) is 7.34. The summed E-state index contributed by atoms with van der Waals surface area (Å²) in [5.74, 6) is 0.880. The van der Waals surface area contributed by atoms with E-state index in [2.05, 4.69) is 29.6 Å². The van der Waals surface area contributed by atoms with Crippen LogP contribution in [0.1, 0.15) is 36.4 Å². The van der Waals surface area contributed by atoms with Gasteiger partial charge in [0.1, 0.15) is 0 Å². The Bertz CT molecular complexity index is 399. The minimum atomic E-state index is 0.216. The van der Waals surface area contributed by atoms with Crippen molar-refractivity contribution in [1.29, 1.82) is 0 Å². The second-order valence-corrected chi connectivity index (χ2v) is 4.58. The van der Waals surface area contributed by atoms with Gasteiger partial charge in [0.25, 0.3) is 0 Å². The van der Waals surface area contributed by atoms with Crippen molar-refractivity contribution in [3.63, 3.8) is 0 Å². The van der Waals surface area contributed by atoms with Gasteiger partial charge < -0.3 is 5.32 Å². The molecule has 3 rings (SSSR count). The van der Waals surface area contributed by atoms with E-state index >= 15 is 0 Å². The summed E-state index contributed by atoms with van der Waals surface area (Å²) in [7, 11) is 0. The normalized spacial score (nSPS) is 28.9. The van der Waals surface area contributed by atoms with Gasteiger partial charge in [-0.3, -0.25) is 4.79 Å². The maximum atomic E-state index is 11.4. The molecule has 1 fully saturated rings. The molecule has 1 aromatic carbocycles. The molecule has 2 nitrogen and oxygen atoms in total. The second-order valence-electron chi connectivity index (χ2n) is 4.58. The van der Waals surface area contributed by atoms with Gasteiger partial charge in [-0.2, -0.15) is 0 Å². The Morgan fingerprint density at radius 3 is 2.87 bits per heavy atom. The van der Waals surface area contributed by atoms with Gasteiger partial charge >= 0.3 is 0 Å². The lowest BCUT2D eigenvalue weighted by Crippen LogP contribution is -2.40. The summed E-state index contributed by atoms with van der Waals surface area (Å²) in [5.41, 5.74) is 2.77. The van der Waals surface area contributed by atoms with Crippen molar-refractivity contribution >= 4 is 5.91 Å². The molecule has 15 heavy (non-hydrogen) atoms. The van der Waals surface area contributed by atoms with Crippen LogP contribution in [0.15, 0.2) is 24.3 Å². The zero-order valence-corrected chi connectivity index (χ0v) is 8.70. The number of fused-ring (bicyclic) bond motifs is 3. The molecule has 1 saturated heterocycles. The van der Waals surface area contributed by atoms with Gasteiger partial charge in [-0.1, -0.05) is 24.3 Å². The van der Waals surface area contributed by atoms with Crippen molar-refractivity contribution in [2.24, 2.45) is 5.92 Å². The number of hydrogen-bond donors (Lipinski definition) is 1. The smallest absolute Gasteiger partial charge is 0.220 e. The van der Waals surface area contributed by atoms with Gasteiger partial charge in [0, 0.05) is 6.42 Å². The fourth-order valence-electron chi connectivity index (χ4n) is 2.90. The first-order valence-corrected chi connectivity index (χ1v) is 5.72. The van der Waals surface area contributed by atoms with Crippen LogP contribution < -0.4 is 5.32 Å². The summed E-state index contributed by atoms with van der Waals surface area (Å²) < 4.78 is 0. The number of aryl methyl sites for hydroxylation is 1. The van der Waals surface area contributed by atoms with E-state index in [0.29, 0.717) is 12.3 Å². The molecule has 78 valence electrons. The van der Waals surface area contributed by atoms with Gasteiger partial charge in [-0.25, -0.2) is 0 Å². The molecular weight excluding hydrogens is 186 g/mol. The summed E-state index contributed by atoms with van der Waals surface area (Å²) in [5, 5.41) is 3.14. The van der Waals surface area contributed by atoms with Crippen LogP contribution in [0.4, 0.5) is 0 Å². The lowest BCUT2D eigenvalue weighted by atomic mass is 9.76. The molecule has 0 spiro atoms. The molecular formula is C13H15NO. The van der Waals surface area contributed by atoms with Crippen LogP contribution in [-0.2, 0) is 11.2 Å². The molecule has 1 aliphatic heterocycles. The third-order valence-corrected chi connectivity index (χ3v) is 3.70. The fraction of sp³-hybridized carbons (Fsp3) is 0.462. The van der Waals surface area contributed by atoms with Crippen molar-refractivity contribution in [2.45, 2.75) is 31.7 Å². The third-order valence-electron chi connectivity index (χ3n) is 3.70. The molecule has 2 unspecified atom stereocenters. The van der Waals surface area contributed by atoms with E-state index in [9.17, 15) is 4.79 Å². The van der Waals surface area contributed by atoms with Crippen LogP contribution in [0, 0.1) is 5.92 Å². The first kappa shape index (κ1) is 8.96. The molecule has 1 aromatic rings. The van der Waals surface area contributed by atoms with Crippen molar-refractivity contribution in [3.05, 3.63) is 35.4 Å². The number of nitrogens with one attached hydrogen (secondary N) is 1. The van der Waals surface area contributed by atoms with Crippen molar-refractivity contribution in [2.75, 3.05) is 0 Å². The Kier molecular flexibility index (Phi) is 2.01. The van der Waals surface area contributed by atoms with Crippen molar-refractivity contribution in [3.8, 4) is 0 Å². The molecule has 1 amide bonds. The van der Waals surface area contributed by atoms with Gasteiger partial charge in [-0.15, -0.1) is 0 Å². The van der Waals surface area contributed by atoms with Crippen LogP contribution in [-0.4, -0.2) is 5.91 Å². The predicted molar refractivity (Wildman–Crippen MR) is 58.4 cm³/mol. The minimum Gasteiger partial charge on any atom is -0.349 e. The fourth-order valence-corrected chi connectivity index (χ4v) is 2.90. The summed E-state index contributed by atoms with van der Waals surface area (Å²) in [4.78, 5) is 11.4. The number of carbonyl (C=O) groups excluding carboxylic acids is 1. The number of hydrogen-bond acceptors (Lipinski definition) is 1. The number of piperidine rings is 1. The monoisotopic (exact) mass is 201 g/mol. The second kappa shape index (κ2) is 3.37. The highest BCUT2D eigenvalue weighted by molar-refractivity contribution is 5.77. The zero-order chi connectivity index (χ0) is 10.3. The average molecular weight is 201 g/mol. The summed E-state index contributed by atoms with van der Waals surface area (Å²) in [6.45, 7) is 0. The van der Waals surface area contributed by atoms with Gasteiger partial charge in [-0.05, 0) is 36.3 Å². The van der Waals surface area contributed by atoms with Gasteiger partial charge in [0.05, 0.1) is 6.04 Å². The number of carbonyl (C=O) groups is 1. The minimum absolute atomic E-state index is 0.216. The van der Waals surface area contributed by atoms with Gasteiger partial charge in [0.15, 0.2) is 0 Å². The highest BCUT2D eigenvalue weighted by Crippen LogP contribution is 2.38. The van der Waals surface area contributed by atoms with E-state index in [0.717, 1.165) is 6.42 Å². The van der Waals surface area contributed by atoms with Crippen molar-refractivity contribution < 1.29 is 4.79 Å². The Morgan fingerprint density at radius 2 is 1.93 bits per heavy atom. The van der Waals surface area contributed by atoms with Crippen LogP contribution in [0.5, 0.6) is 0 Å². The van der Waals surface area contributed by atoms with Crippen LogP contribution in [0.2, 0.25) is 0 Å². The van der Waals surface area contributed by atoms with Gasteiger partial charge in [0.2, 0.25) is 5.91 Å². The molecule has 1 heterocycles. The predicted octanol–water partition coefficient (Wildman–Crippen LogP) is 2.20. The highest BCUT2D eigenvalue weighted by atomic mass is 16.1. The molecule has 0 radical (unpaired) electrons. The van der Waals surface area contributed by atoms with Crippen LogP contribution in [0.3, 0.4) is 0 Å². The number of rotatable bonds is 0. The molecule has 2 aliphatic rings. The molecule has 2 atom stereocenters. The maximum Gasteiger partial charge on any atom is 0.220 e. The van der Waals surface area contributed by atoms with E-state index in [1.54, 1.807) is 0 Å². The molecule has 0 aromatic heterocycles. The highest BCUT2D eigenvalue weighted by Gasteiger charge is 2.33. The van der Waals surface area contributed by atoms with E-state index in [1.807, 2.05) is 0 Å². The van der Waals surface area contributed by atoms with E-state index < -0.39 is 0 Å². The Labute approximate surface area is 89.7 Å². The number of amides is 1. The molecule has 2 heteroatoms. The SMILES string of the molecule is O=C1CCC2CCc3ccccc3C2N1. The molecule has 1 aliphatic carbocycles. The quantitative estimate of drug-likeness (QED) is 0.685. The Hall–Kier alpha value is -1.31. The van der Waals surface area contributed by atoms with Crippen LogP contribution >= 0.6 is 0 Å². The topological polar surface area (TPSA) is 29.1 Å². The van der Waals surface area contributed by atoms with Crippen LogP contribution in [0.25, 0.3) is 0 Å². The maximum absolute atomic E-state index is 11.4. The third kappa shape index (κ3) is 1.44. The Morgan fingerprint density at radius 1 is 1.13 bits per heavy atom. The van der Waals surface area contributed by atoms with E-state index in [-0.39, 0.29) is 11.9 Å². The van der Waals surface area contributed by atoms with Crippen molar-refractivity contribution in [1.82, 2.24) is 5.32 Å². The standard InChI is InChI=1S/C13H15NO/c15-12-8-7-10-6-5-9-3-1-2-4-11(9)13(10)14-12/h1-4,10,13H,5-8H2,(H,14,15). The Balaban J connectivity index is 2.00. The number of benzene rings is 1. The first-order valence-electron chi connectivity index (χ1n) is 5.72. The summed E-state index contributed by atoms with van der Waals surface area (Å²) in [6.07, 6.45) is 4.17. The molecule has 0 saturated carbocycles.